The summed E-state index contributed by atoms with van der Waals surface area (Å²) in [5, 5.41) is 0. The third-order valence-corrected chi connectivity index (χ3v) is 6.58. The Labute approximate surface area is 192 Å². The molecule has 2 fully saturated rings. The maximum atomic E-state index is 12.4. The number of thioether (sulfide) groups is 1. The highest BCUT2D eigenvalue weighted by Gasteiger charge is 2.31. The Morgan fingerprint density at radius 1 is 1.00 bits per heavy atom. The molecule has 9 heteroatoms. The van der Waals surface area contributed by atoms with Gasteiger partial charge in [0, 0.05) is 37.1 Å². The SMILES string of the molecule is CC(C)(C)OC(=O)N1CCN(C2CCC(COc3ccc(SC(F)(F)F)cc3)CC2)CC1. The number of carbonyl (C=O) groups excluding carboxylic acids is 1. The first-order chi connectivity index (χ1) is 15.0. The van der Waals surface area contributed by atoms with E-state index in [0.717, 1.165) is 38.8 Å². The number of piperazine rings is 1. The number of amides is 1. The zero-order valence-electron chi connectivity index (χ0n) is 19.0. The molecule has 1 saturated carbocycles. The van der Waals surface area contributed by atoms with Crippen LogP contribution in [0.3, 0.4) is 0 Å². The molecule has 32 heavy (non-hydrogen) atoms. The fourth-order valence-corrected chi connectivity index (χ4v) is 4.76. The molecule has 1 aliphatic heterocycles. The molecule has 0 atom stereocenters. The molecular formula is C23H33F3N2O3S. The Morgan fingerprint density at radius 3 is 2.12 bits per heavy atom. The second-order valence-corrected chi connectivity index (χ2v) is 10.6. The van der Waals surface area contributed by atoms with Crippen LogP contribution in [0.5, 0.6) is 5.75 Å². The van der Waals surface area contributed by atoms with E-state index in [1.807, 2.05) is 20.8 Å². The molecule has 0 radical (unpaired) electrons. The zero-order valence-corrected chi connectivity index (χ0v) is 19.8. The lowest BCUT2D eigenvalue weighted by Gasteiger charge is -2.42. The maximum absolute atomic E-state index is 12.4. The minimum atomic E-state index is -4.27. The highest BCUT2D eigenvalue weighted by atomic mass is 32.2. The molecule has 1 aliphatic carbocycles. The third kappa shape index (κ3) is 8.06. The van der Waals surface area contributed by atoms with Crippen LogP contribution in [0.1, 0.15) is 46.5 Å². The number of hydrogen-bond acceptors (Lipinski definition) is 5. The molecular weight excluding hydrogens is 441 g/mol. The van der Waals surface area contributed by atoms with Crippen LogP contribution in [0, 0.1) is 5.92 Å². The smallest absolute Gasteiger partial charge is 0.446 e. The fourth-order valence-electron chi connectivity index (χ4n) is 4.22. The van der Waals surface area contributed by atoms with Gasteiger partial charge in [0.15, 0.2) is 0 Å². The second kappa shape index (κ2) is 10.5. The van der Waals surface area contributed by atoms with Gasteiger partial charge < -0.3 is 14.4 Å². The Bertz CT molecular complexity index is 736. The molecule has 0 spiro atoms. The van der Waals surface area contributed by atoms with Crippen molar-refractivity contribution in [2.45, 2.75) is 68.5 Å². The fraction of sp³-hybridized carbons (Fsp3) is 0.696. The number of hydrogen-bond donors (Lipinski definition) is 0. The summed E-state index contributed by atoms with van der Waals surface area (Å²) in [6.45, 7) is 9.36. The van der Waals surface area contributed by atoms with Crippen molar-refractivity contribution in [3.63, 3.8) is 0 Å². The van der Waals surface area contributed by atoms with Crippen LogP contribution in [0.4, 0.5) is 18.0 Å². The van der Waals surface area contributed by atoms with E-state index in [4.69, 9.17) is 9.47 Å². The van der Waals surface area contributed by atoms with Crippen LogP contribution in [0.25, 0.3) is 0 Å². The van der Waals surface area contributed by atoms with Gasteiger partial charge in [0.1, 0.15) is 11.4 Å². The van der Waals surface area contributed by atoms with E-state index in [0.29, 0.717) is 37.4 Å². The van der Waals surface area contributed by atoms with Crippen molar-refractivity contribution in [2.75, 3.05) is 32.8 Å². The van der Waals surface area contributed by atoms with Crippen LogP contribution in [0.15, 0.2) is 29.2 Å². The van der Waals surface area contributed by atoms with Crippen molar-refractivity contribution in [3.05, 3.63) is 24.3 Å². The lowest BCUT2D eigenvalue weighted by Crippen LogP contribution is -2.53. The van der Waals surface area contributed by atoms with E-state index in [2.05, 4.69) is 4.90 Å². The van der Waals surface area contributed by atoms with Crippen molar-refractivity contribution in [2.24, 2.45) is 5.92 Å². The van der Waals surface area contributed by atoms with E-state index in [-0.39, 0.29) is 22.8 Å². The first-order valence-corrected chi connectivity index (χ1v) is 12.0. The van der Waals surface area contributed by atoms with Gasteiger partial charge in [0.05, 0.1) is 6.61 Å². The molecule has 0 N–H and O–H groups in total. The predicted molar refractivity (Wildman–Crippen MR) is 119 cm³/mol. The molecule has 1 heterocycles. The van der Waals surface area contributed by atoms with Gasteiger partial charge in [-0.25, -0.2) is 4.79 Å². The summed E-state index contributed by atoms with van der Waals surface area (Å²) >= 11 is -0.116. The van der Waals surface area contributed by atoms with Crippen LogP contribution in [-0.4, -0.2) is 65.8 Å². The maximum Gasteiger partial charge on any atom is 0.446 e. The Balaban J connectivity index is 1.35. The molecule has 1 amide bonds. The van der Waals surface area contributed by atoms with Gasteiger partial charge in [-0.2, -0.15) is 13.2 Å². The number of halogens is 3. The summed E-state index contributed by atoms with van der Waals surface area (Å²) in [4.78, 5) is 16.7. The van der Waals surface area contributed by atoms with Gasteiger partial charge in [0.25, 0.3) is 0 Å². The first kappa shape index (κ1) is 25.0. The largest absolute Gasteiger partial charge is 0.493 e. The van der Waals surface area contributed by atoms with Crippen LogP contribution in [0.2, 0.25) is 0 Å². The van der Waals surface area contributed by atoms with Crippen molar-refractivity contribution < 1.29 is 27.4 Å². The Hall–Kier alpha value is -1.61. The van der Waals surface area contributed by atoms with Gasteiger partial charge in [-0.15, -0.1) is 0 Å². The summed E-state index contributed by atoms with van der Waals surface area (Å²) in [6, 6.07) is 6.63. The van der Waals surface area contributed by atoms with E-state index in [1.165, 1.54) is 12.1 Å². The summed E-state index contributed by atoms with van der Waals surface area (Å²) in [6.07, 6.45) is 4.10. The van der Waals surface area contributed by atoms with Gasteiger partial charge in [-0.05, 0) is 88.4 Å². The van der Waals surface area contributed by atoms with E-state index < -0.39 is 11.1 Å². The molecule has 180 valence electrons. The lowest BCUT2D eigenvalue weighted by atomic mass is 9.85. The summed E-state index contributed by atoms with van der Waals surface area (Å²) < 4.78 is 48.5. The van der Waals surface area contributed by atoms with Crippen molar-refractivity contribution >= 4 is 17.9 Å². The molecule has 5 nitrogen and oxygen atoms in total. The molecule has 0 bridgehead atoms. The van der Waals surface area contributed by atoms with Crippen molar-refractivity contribution in [3.8, 4) is 5.75 Å². The third-order valence-electron chi connectivity index (χ3n) is 5.84. The number of alkyl halides is 3. The van der Waals surface area contributed by atoms with Crippen molar-refractivity contribution in [1.29, 1.82) is 0 Å². The van der Waals surface area contributed by atoms with Crippen LogP contribution < -0.4 is 4.74 Å². The summed E-state index contributed by atoms with van der Waals surface area (Å²) in [5.74, 6) is 1.07. The van der Waals surface area contributed by atoms with Gasteiger partial charge in [-0.3, -0.25) is 4.90 Å². The summed E-state index contributed by atoms with van der Waals surface area (Å²) in [7, 11) is 0. The molecule has 1 aromatic carbocycles. The van der Waals surface area contributed by atoms with Crippen molar-refractivity contribution in [1.82, 2.24) is 9.80 Å². The van der Waals surface area contributed by atoms with E-state index in [1.54, 1.807) is 17.0 Å². The molecule has 3 rings (SSSR count). The highest BCUT2D eigenvalue weighted by molar-refractivity contribution is 8.00. The zero-order chi connectivity index (χ0) is 23.4. The van der Waals surface area contributed by atoms with E-state index in [9.17, 15) is 18.0 Å². The molecule has 0 unspecified atom stereocenters. The summed E-state index contributed by atoms with van der Waals surface area (Å²) in [5.41, 5.74) is -4.75. The minimum Gasteiger partial charge on any atom is -0.493 e. The average Bonchev–Trinajstić information content (AvgIpc) is 2.71. The van der Waals surface area contributed by atoms with Crippen LogP contribution >= 0.6 is 11.8 Å². The highest BCUT2D eigenvalue weighted by Crippen LogP contribution is 2.37. The van der Waals surface area contributed by atoms with E-state index >= 15 is 0 Å². The Kier molecular flexibility index (Phi) is 8.25. The number of nitrogens with zero attached hydrogens (tertiary/aromatic N) is 2. The lowest BCUT2D eigenvalue weighted by molar-refractivity contribution is -0.0328. The number of carbonyl (C=O) groups is 1. The molecule has 0 aromatic heterocycles. The molecule has 2 aliphatic rings. The van der Waals surface area contributed by atoms with Gasteiger partial charge >= 0.3 is 11.6 Å². The molecule has 1 aromatic rings. The monoisotopic (exact) mass is 474 g/mol. The quantitative estimate of drug-likeness (QED) is 0.506. The first-order valence-electron chi connectivity index (χ1n) is 11.2. The van der Waals surface area contributed by atoms with Gasteiger partial charge in [0.2, 0.25) is 0 Å². The Morgan fingerprint density at radius 2 is 1.59 bits per heavy atom. The number of ether oxygens (including phenoxy) is 2. The van der Waals surface area contributed by atoms with Gasteiger partial charge in [-0.1, -0.05) is 0 Å². The normalized spacial score (nSPS) is 23.1. The average molecular weight is 475 g/mol. The van der Waals surface area contributed by atoms with Crippen LogP contribution in [-0.2, 0) is 4.74 Å². The number of benzene rings is 1. The topological polar surface area (TPSA) is 42.0 Å². The standard InChI is InChI=1S/C23H33F3N2O3S/c1-22(2,3)31-21(29)28-14-12-27(13-15-28)18-6-4-17(5-7-18)16-30-19-8-10-20(11-9-19)32-23(24,25)26/h8-11,17-18H,4-7,12-16H2,1-3H3. The minimum absolute atomic E-state index is 0.116. The number of rotatable bonds is 5. The molecule has 1 saturated heterocycles. The predicted octanol–water partition coefficient (Wildman–Crippen LogP) is 5.79. The second-order valence-electron chi connectivity index (χ2n) is 9.51.